The molecule has 0 aliphatic carbocycles. The summed E-state index contributed by atoms with van der Waals surface area (Å²) in [6, 6.07) is 10.2. The lowest BCUT2D eigenvalue weighted by molar-refractivity contribution is 0.250. The number of nitrogens with zero attached hydrogens (tertiary/aromatic N) is 5. The highest BCUT2D eigenvalue weighted by molar-refractivity contribution is 5.74. The highest BCUT2D eigenvalue weighted by Gasteiger charge is 2.26. The van der Waals surface area contributed by atoms with Crippen LogP contribution in [0, 0.1) is 26.2 Å². The predicted octanol–water partition coefficient (Wildman–Crippen LogP) is 3.59. The Bertz CT molecular complexity index is 1050. The minimum atomic E-state index is 0.126. The van der Waals surface area contributed by atoms with Crippen LogP contribution < -0.4 is 10.5 Å². The van der Waals surface area contributed by atoms with Gasteiger partial charge < -0.3 is 15.4 Å². The maximum atomic E-state index is 7.63. The summed E-state index contributed by atoms with van der Waals surface area (Å²) in [7, 11) is 0. The second kappa shape index (κ2) is 8.14. The largest absolute Gasteiger partial charge is 0.457 e. The van der Waals surface area contributed by atoms with Crippen LogP contribution in [0.4, 0.5) is 0 Å². The monoisotopic (exact) mass is 405 g/mol. The number of aromatic nitrogens is 4. The van der Waals surface area contributed by atoms with Crippen LogP contribution in [0.1, 0.15) is 35.7 Å². The predicted molar refractivity (Wildman–Crippen MR) is 116 cm³/mol. The third-order valence-electron chi connectivity index (χ3n) is 5.42. The molecule has 8 heteroatoms. The zero-order valence-electron chi connectivity index (χ0n) is 17.6. The van der Waals surface area contributed by atoms with Crippen molar-refractivity contribution in [3.8, 4) is 22.9 Å². The molecule has 1 saturated heterocycles. The number of nitrogens with one attached hydrogen (secondary N) is 1. The summed E-state index contributed by atoms with van der Waals surface area (Å²) in [6.07, 6.45) is 3.46. The summed E-state index contributed by atoms with van der Waals surface area (Å²) in [5.74, 6) is 1.66. The molecule has 0 unspecified atom stereocenters. The summed E-state index contributed by atoms with van der Waals surface area (Å²) in [5.41, 5.74) is 10.5. The van der Waals surface area contributed by atoms with Crippen molar-refractivity contribution in [2.45, 2.75) is 39.7 Å². The van der Waals surface area contributed by atoms with Gasteiger partial charge in [0.15, 0.2) is 5.96 Å². The molecule has 0 spiro atoms. The highest BCUT2D eigenvalue weighted by atomic mass is 16.5. The van der Waals surface area contributed by atoms with Gasteiger partial charge in [-0.3, -0.25) is 10.4 Å². The van der Waals surface area contributed by atoms with Gasteiger partial charge in [0.1, 0.15) is 17.2 Å². The highest BCUT2D eigenvalue weighted by Crippen LogP contribution is 2.31. The van der Waals surface area contributed by atoms with E-state index in [4.69, 9.17) is 15.9 Å². The van der Waals surface area contributed by atoms with Gasteiger partial charge in [0.2, 0.25) is 0 Å². The van der Waals surface area contributed by atoms with E-state index < -0.39 is 0 Å². The molecule has 3 N–H and O–H groups in total. The van der Waals surface area contributed by atoms with E-state index in [0.717, 1.165) is 65.6 Å². The van der Waals surface area contributed by atoms with Crippen LogP contribution in [0.25, 0.3) is 11.4 Å². The Morgan fingerprint density at radius 2 is 1.77 bits per heavy atom. The smallest absolute Gasteiger partial charge is 0.188 e. The van der Waals surface area contributed by atoms with E-state index in [1.165, 1.54) is 0 Å². The molecular formula is C22H27N7O. The number of likely N-dealkylation sites (tertiary alicyclic amines) is 1. The fraction of sp³-hybridized carbons (Fsp3) is 0.364. The summed E-state index contributed by atoms with van der Waals surface area (Å²) >= 11 is 0. The van der Waals surface area contributed by atoms with E-state index in [0.29, 0.717) is 0 Å². The number of ether oxygens (including phenoxy) is 1. The van der Waals surface area contributed by atoms with E-state index in [9.17, 15) is 0 Å². The number of aryl methyl sites for hydroxylation is 3. The van der Waals surface area contributed by atoms with E-state index >= 15 is 0 Å². The van der Waals surface area contributed by atoms with Gasteiger partial charge in [-0.2, -0.15) is 0 Å². The maximum Gasteiger partial charge on any atom is 0.188 e. The van der Waals surface area contributed by atoms with Crippen LogP contribution in [0.3, 0.4) is 0 Å². The number of benzene rings is 1. The van der Waals surface area contributed by atoms with E-state index in [1.54, 1.807) is 6.20 Å². The molecule has 0 saturated carbocycles. The Morgan fingerprint density at radius 3 is 2.43 bits per heavy atom. The minimum Gasteiger partial charge on any atom is -0.457 e. The molecule has 3 heterocycles. The van der Waals surface area contributed by atoms with Crippen molar-refractivity contribution in [1.29, 1.82) is 5.41 Å². The molecule has 2 aromatic heterocycles. The molecule has 0 radical (unpaired) electrons. The lowest BCUT2D eigenvalue weighted by Crippen LogP contribution is -2.42. The molecule has 0 bridgehead atoms. The average Bonchev–Trinajstić information content (AvgIpc) is 3.09. The first-order chi connectivity index (χ1) is 14.4. The first-order valence-corrected chi connectivity index (χ1v) is 10.1. The van der Waals surface area contributed by atoms with Gasteiger partial charge in [0.05, 0.1) is 17.4 Å². The number of rotatable bonds is 4. The second-order valence-corrected chi connectivity index (χ2v) is 7.87. The van der Waals surface area contributed by atoms with Gasteiger partial charge in [-0.25, -0.2) is 4.68 Å². The molecule has 156 valence electrons. The Morgan fingerprint density at radius 1 is 1.07 bits per heavy atom. The minimum absolute atomic E-state index is 0.126. The van der Waals surface area contributed by atoms with Crippen LogP contribution in [-0.2, 0) is 0 Å². The Balaban J connectivity index is 1.60. The van der Waals surface area contributed by atoms with Crippen molar-refractivity contribution in [1.82, 2.24) is 24.9 Å². The van der Waals surface area contributed by atoms with Gasteiger partial charge >= 0.3 is 0 Å². The molecule has 0 atom stereocenters. The van der Waals surface area contributed by atoms with Crippen LogP contribution >= 0.6 is 0 Å². The molecule has 0 amide bonds. The zero-order valence-corrected chi connectivity index (χ0v) is 17.6. The van der Waals surface area contributed by atoms with Crippen molar-refractivity contribution >= 4 is 5.96 Å². The third-order valence-corrected chi connectivity index (χ3v) is 5.42. The summed E-state index contributed by atoms with van der Waals surface area (Å²) in [5, 5.41) is 16.3. The van der Waals surface area contributed by atoms with Gasteiger partial charge in [-0.15, -0.1) is 5.10 Å². The Labute approximate surface area is 176 Å². The summed E-state index contributed by atoms with van der Waals surface area (Å²) in [4.78, 5) is 6.46. The van der Waals surface area contributed by atoms with Crippen molar-refractivity contribution in [2.75, 3.05) is 13.1 Å². The van der Waals surface area contributed by atoms with Crippen molar-refractivity contribution in [3.05, 3.63) is 53.3 Å². The normalized spacial score (nSPS) is 14.7. The van der Waals surface area contributed by atoms with Gasteiger partial charge in [-0.05, 0) is 62.9 Å². The third kappa shape index (κ3) is 4.12. The van der Waals surface area contributed by atoms with E-state index in [2.05, 4.69) is 35.2 Å². The number of hydrogen-bond acceptors (Lipinski definition) is 5. The lowest BCUT2D eigenvalue weighted by atomic mass is 10.0. The molecule has 1 fully saturated rings. The molecule has 4 rings (SSSR count). The van der Waals surface area contributed by atoms with E-state index in [1.807, 2.05) is 40.8 Å². The first-order valence-electron chi connectivity index (χ1n) is 10.1. The molecule has 1 aliphatic rings. The van der Waals surface area contributed by atoms with Crippen molar-refractivity contribution in [2.24, 2.45) is 5.73 Å². The fourth-order valence-corrected chi connectivity index (χ4v) is 4.01. The van der Waals surface area contributed by atoms with Gasteiger partial charge in [0, 0.05) is 25.4 Å². The maximum absolute atomic E-state index is 7.63. The SMILES string of the molecule is Cc1cc(C)cc(Oc2ccnc(-c3c(C)nnn3C3CCN(C(=N)N)CC3)c2)c1. The number of nitrogens with two attached hydrogens (primary N) is 1. The van der Waals surface area contributed by atoms with Gasteiger partial charge in [-0.1, -0.05) is 11.3 Å². The zero-order chi connectivity index (χ0) is 21.3. The molecule has 1 aliphatic heterocycles. The molecular weight excluding hydrogens is 378 g/mol. The summed E-state index contributed by atoms with van der Waals surface area (Å²) in [6.45, 7) is 7.54. The Hall–Kier alpha value is -3.42. The van der Waals surface area contributed by atoms with E-state index in [-0.39, 0.29) is 12.0 Å². The topological polar surface area (TPSA) is 106 Å². The second-order valence-electron chi connectivity index (χ2n) is 7.87. The summed E-state index contributed by atoms with van der Waals surface area (Å²) < 4.78 is 8.08. The molecule has 8 nitrogen and oxygen atoms in total. The first kappa shape index (κ1) is 19.9. The van der Waals surface area contributed by atoms with Crippen LogP contribution in [0.5, 0.6) is 11.5 Å². The standard InChI is InChI=1S/C22H27N7O/c1-14-10-15(2)12-19(11-14)30-18-4-7-25-20(13-18)21-16(3)26-27-29(21)17-5-8-28(9-6-17)22(23)24/h4,7,10-13,17H,5-6,8-9H2,1-3H3,(H3,23,24). The molecule has 3 aromatic rings. The Kier molecular flexibility index (Phi) is 5.39. The average molecular weight is 406 g/mol. The lowest BCUT2D eigenvalue weighted by Gasteiger charge is -2.32. The van der Waals surface area contributed by atoms with Crippen molar-refractivity contribution in [3.63, 3.8) is 0 Å². The number of piperidine rings is 1. The number of guanidine groups is 1. The van der Waals surface area contributed by atoms with Crippen LogP contribution in [0.2, 0.25) is 0 Å². The quantitative estimate of drug-likeness (QED) is 0.508. The number of pyridine rings is 1. The van der Waals surface area contributed by atoms with Crippen LogP contribution in [-0.4, -0.2) is 43.9 Å². The molecule has 1 aromatic carbocycles. The van der Waals surface area contributed by atoms with Crippen LogP contribution in [0.15, 0.2) is 36.5 Å². The van der Waals surface area contributed by atoms with Crippen molar-refractivity contribution < 1.29 is 4.74 Å². The molecule has 30 heavy (non-hydrogen) atoms. The van der Waals surface area contributed by atoms with Gasteiger partial charge in [0.25, 0.3) is 0 Å². The fourth-order valence-electron chi connectivity index (χ4n) is 4.01. The number of hydrogen-bond donors (Lipinski definition) is 2.